The fraction of sp³-hybridized carbons (Fsp3) is 0.208. The summed E-state index contributed by atoms with van der Waals surface area (Å²) in [6.07, 6.45) is 0. The third kappa shape index (κ3) is 3.82. The number of carbonyl (C=O) groups excluding carboxylic acids is 2. The van der Waals surface area contributed by atoms with Crippen LogP contribution in [0.1, 0.15) is 43.4 Å². The van der Waals surface area contributed by atoms with E-state index in [1.807, 2.05) is 45.0 Å². The third-order valence-corrected chi connectivity index (χ3v) is 5.27. The number of carbonyl (C=O) groups is 2. The molecule has 31 heavy (non-hydrogen) atoms. The van der Waals surface area contributed by atoms with E-state index < -0.39 is 11.9 Å². The van der Waals surface area contributed by atoms with Gasteiger partial charge < -0.3 is 9.47 Å². The van der Waals surface area contributed by atoms with Crippen molar-refractivity contribution in [3.8, 4) is 0 Å². The second-order valence-electron chi connectivity index (χ2n) is 7.24. The lowest BCUT2D eigenvalue weighted by molar-refractivity contribution is 0.0455. The van der Waals surface area contributed by atoms with E-state index in [1.165, 1.54) is 7.11 Å². The first kappa shape index (κ1) is 20.4. The minimum absolute atomic E-state index is 0.161. The second kappa shape index (κ2) is 8.10. The average molecular weight is 415 g/mol. The molecule has 0 radical (unpaired) electrons. The van der Waals surface area contributed by atoms with Gasteiger partial charge in [0, 0.05) is 5.39 Å². The number of methoxy groups -OCH3 is 1. The smallest absolute Gasteiger partial charge is 0.340 e. The van der Waals surface area contributed by atoms with Crippen molar-refractivity contribution < 1.29 is 19.1 Å². The van der Waals surface area contributed by atoms with Gasteiger partial charge in [-0.15, -0.1) is 0 Å². The van der Waals surface area contributed by atoms with Crippen LogP contribution in [0.3, 0.4) is 0 Å². The fourth-order valence-corrected chi connectivity index (χ4v) is 3.49. The molecule has 0 aliphatic heterocycles. The largest absolute Gasteiger partial charge is 0.465 e. The van der Waals surface area contributed by atoms with Gasteiger partial charge in [0.25, 0.3) is 0 Å². The molecule has 0 spiro atoms. The Morgan fingerprint density at radius 2 is 1.55 bits per heavy atom. The Hall–Kier alpha value is -3.87. The Kier molecular flexibility index (Phi) is 5.33. The molecule has 0 aliphatic rings. The highest BCUT2D eigenvalue weighted by atomic mass is 16.5. The quantitative estimate of drug-likeness (QED) is 0.460. The zero-order valence-corrected chi connectivity index (χ0v) is 17.7. The summed E-state index contributed by atoms with van der Waals surface area (Å²) in [5.74, 6) is -1.06. The molecular weight excluding hydrogens is 394 g/mol. The molecule has 4 aromatic rings. The summed E-state index contributed by atoms with van der Waals surface area (Å²) in [7, 11) is 1.31. The summed E-state index contributed by atoms with van der Waals surface area (Å²) in [4.78, 5) is 38.6. The van der Waals surface area contributed by atoms with E-state index in [4.69, 9.17) is 9.47 Å². The molecule has 0 fully saturated rings. The van der Waals surface area contributed by atoms with Gasteiger partial charge in [-0.05, 0) is 50.6 Å². The highest BCUT2D eigenvalue weighted by Crippen LogP contribution is 2.24. The molecule has 0 saturated heterocycles. The molecule has 0 saturated carbocycles. The van der Waals surface area contributed by atoms with Gasteiger partial charge in [0.2, 0.25) is 0 Å². The maximum absolute atomic E-state index is 12.7. The highest BCUT2D eigenvalue weighted by Gasteiger charge is 2.21. The number of aryl methyl sites for hydroxylation is 3. The van der Waals surface area contributed by atoms with Crippen LogP contribution in [0.5, 0.6) is 0 Å². The summed E-state index contributed by atoms with van der Waals surface area (Å²) in [5, 5.41) is 0.844. The second-order valence-corrected chi connectivity index (χ2v) is 7.24. The van der Waals surface area contributed by atoms with Crippen molar-refractivity contribution in [1.29, 1.82) is 0 Å². The van der Waals surface area contributed by atoms with Gasteiger partial charge in [-0.2, -0.15) is 0 Å². The Morgan fingerprint density at radius 3 is 2.29 bits per heavy atom. The number of hydrogen-bond donors (Lipinski definition) is 0. The van der Waals surface area contributed by atoms with Crippen LogP contribution in [0.25, 0.3) is 21.9 Å². The van der Waals surface area contributed by atoms with Crippen LogP contribution >= 0.6 is 0 Å². The number of benzene rings is 2. The molecule has 7 heteroatoms. The number of esters is 2. The minimum atomic E-state index is -0.537. The van der Waals surface area contributed by atoms with Crippen LogP contribution in [-0.4, -0.2) is 34.0 Å². The number of aromatic nitrogens is 3. The molecular formula is C24H21N3O4. The van der Waals surface area contributed by atoms with E-state index in [-0.39, 0.29) is 6.61 Å². The van der Waals surface area contributed by atoms with Crippen LogP contribution in [0, 0.1) is 20.8 Å². The van der Waals surface area contributed by atoms with Crippen LogP contribution in [0.15, 0.2) is 42.5 Å². The fourth-order valence-electron chi connectivity index (χ4n) is 3.49. The summed E-state index contributed by atoms with van der Waals surface area (Å²) in [5.41, 5.74) is 5.43. The Labute approximate surface area is 179 Å². The standard InChI is InChI=1S/C24H21N3O4/c1-13-17-7-5-6-8-18(17)27-21(22(13)24(29)30-4)12-31-23(28)16-9-10-19-20(11-16)26-15(3)14(2)25-19/h5-11H,12H2,1-4H3. The van der Waals surface area contributed by atoms with E-state index in [0.29, 0.717) is 33.4 Å². The van der Waals surface area contributed by atoms with Crippen molar-refractivity contribution in [2.24, 2.45) is 0 Å². The molecule has 0 unspecified atom stereocenters. The molecule has 0 bridgehead atoms. The molecule has 2 aromatic carbocycles. The van der Waals surface area contributed by atoms with Crippen LogP contribution < -0.4 is 0 Å². The van der Waals surface area contributed by atoms with Crippen molar-refractivity contribution in [1.82, 2.24) is 15.0 Å². The predicted octanol–water partition coefficient (Wildman–Crippen LogP) is 4.25. The molecule has 7 nitrogen and oxygen atoms in total. The third-order valence-electron chi connectivity index (χ3n) is 5.27. The number of nitrogens with zero attached hydrogens (tertiary/aromatic N) is 3. The number of rotatable bonds is 4. The Balaban J connectivity index is 1.65. The topological polar surface area (TPSA) is 91.3 Å². The monoisotopic (exact) mass is 415 g/mol. The molecule has 0 N–H and O–H groups in total. The number of fused-ring (bicyclic) bond motifs is 2. The molecule has 2 aromatic heterocycles. The van der Waals surface area contributed by atoms with Crippen LogP contribution in [-0.2, 0) is 16.1 Å². The number of para-hydroxylation sites is 1. The van der Waals surface area contributed by atoms with Gasteiger partial charge in [-0.3, -0.25) is 0 Å². The first-order valence-corrected chi connectivity index (χ1v) is 9.77. The van der Waals surface area contributed by atoms with Crippen molar-refractivity contribution in [3.05, 3.63) is 76.2 Å². The highest BCUT2D eigenvalue weighted by molar-refractivity contribution is 5.98. The number of hydrogen-bond acceptors (Lipinski definition) is 7. The number of pyridine rings is 1. The molecule has 0 amide bonds. The molecule has 2 heterocycles. The lowest BCUT2D eigenvalue weighted by Gasteiger charge is -2.13. The van der Waals surface area contributed by atoms with Gasteiger partial charge in [0.15, 0.2) is 0 Å². The SMILES string of the molecule is COC(=O)c1c(COC(=O)c2ccc3nc(C)c(C)nc3c2)nc2ccccc2c1C. The van der Waals surface area contributed by atoms with Crippen LogP contribution in [0.4, 0.5) is 0 Å². The molecule has 156 valence electrons. The maximum atomic E-state index is 12.7. The lowest BCUT2D eigenvalue weighted by atomic mass is 10.0. The van der Waals surface area contributed by atoms with Crippen LogP contribution in [0.2, 0.25) is 0 Å². The minimum Gasteiger partial charge on any atom is -0.465 e. The van der Waals surface area contributed by atoms with E-state index in [9.17, 15) is 9.59 Å². The van der Waals surface area contributed by atoms with Crippen molar-refractivity contribution in [3.63, 3.8) is 0 Å². The summed E-state index contributed by atoms with van der Waals surface area (Å²) < 4.78 is 10.4. The summed E-state index contributed by atoms with van der Waals surface area (Å²) >= 11 is 0. The number of ether oxygens (including phenoxy) is 2. The molecule has 0 atom stereocenters. The van der Waals surface area contributed by atoms with Gasteiger partial charge in [0.1, 0.15) is 6.61 Å². The Morgan fingerprint density at radius 1 is 0.839 bits per heavy atom. The first-order valence-electron chi connectivity index (χ1n) is 9.77. The summed E-state index contributed by atoms with van der Waals surface area (Å²) in [6.45, 7) is 5.43. The van der Waals surface area contributed by atoms with Gasteiger partial charge in [-0.25, -0.2) is 24.5 Å². The van der Waals surface area contributed by atoms with Crippen molar-refractivity contribution >= 4 is 33.9 Å². The first-order chi connectivity index (χ1) is 14.9. The average Bonchev–Trinajstić information content (AvgIpc) is 2.77. The zero-order chi connectivity index (χ0) is 22.1. The molecule has 4 rings (SSSR count). The van der Waals surface area contributed by atoms with Crippen molar-refractivity contribution in [2.45, 2.75) is 27.4 Å². The van der Waals surface area contributed by atoms with Gasteiger partial charge in [-0.1, -0.05) is 18.2 Å². The maximum Gasteiger partial charge on any atom is 0.340 e. The Bertz CT molecular complexity index is 1350. The van der Waals surface area contributed by atoms with E-state index in [0.717, 1.165) is 22.3 Å². The lowest BCUT2D eigenvalue weighted by Crippen LogP contribution is -2.14. The molecule has 0 aliphatic carbocycles. The van der Waals surface area contributed by atoms with E-state index in [1.54, 1.807) is 18.2 Å². The van der Waals surface area contributed by atoms with Gasteiger partial charge in [0.05, 0.1) is 51.9 Å². The zero-order valence-electron chi connectivity index (χ0n) is 17.7. The summed E-state index contributed by atoms with van der Waals surface area (Å²) in [6, 6.07) is 12.5. The predicted molar refractivity (Wildman–Crippen MR) is 116 cm³/mol. The van der Waals surface area contributed by atoms with Gasteiger partial charge >= 0.3 is 11.9 Å². The van der Waals surface area contributed by atoms with E-state index in [2.05, 4.69) is 15.0 Å². The normalized spacial score (nSPS) is 11.0. The van der Waals surface area contributed by atoms with Crippen molar-refractivity contribution in [2.75, 3.05) is 7.11 Å². The van der Waals surface area contributed by atoms with E-state index >= 15 is 0 Å².